The fraction of sp³-hybridized carbons (Fsp3) is 0.0714. The maximum absolute atomic E-state index is 10.5. The third-order valence-electron chi connectivity index (χ3n) is 2.33. The molecule has 0 aromatic heterocycles. The van der Waals surface area contributed by atoms with E-state index < -0.39 is 0 Å². The molecule has 0 atom stereocenters. The highest BCUT2D eigenvalue weighted by molar-refractivity contribution is 5.74. The number of rotatable bonds is 4. The van der Waals surface area contributed by atoms with Crippen LogP contribution in [0.2, 0.25) is 0 Å². The van der Waals surface area contributed by atoms with Gasteiger partial charge in [0.1, 0.15) is 17.8 Å². The smallest absolute Gasteiger partial charge is 0.150 e. The lowest BCUT2D eigenvalue weighted by molar-refractivity contribution is 0.112. The molecule has 17 heavy (non-hydrogen) atoms. The minimum atomic E-state index is -0.0126. The number of benzene rings is 2. The summed E-state index contributed by atoms with van der Waals surface area (Å²) in [5.41, 5.74) is 1.41. The molecule has 0 spiro atoms. The predicted molar refractivity (Wildman–Crippen MR) is 64.3 cm³/mol. The summed E-state index contributed by atoms with van der Waals surface area (Å²) in [6, 6.07) is 14.1. The average Bonchev–Trinajstić information content (AvgIpc) is 2.40. The van der Waals surface area contributed by atoms with Gasteiger partial charge in [0.2, 0.25) is 0 Å². The average molecular weight is 228 g/mol. The van der Waals surface area contributed by atoms with E-state index in [9.17, 15) is 4.79 Å². The Morgan fingerprint density at radius 3 is 2.47 bits per heavy atom. The molecular weight excluding hydrogens is 216 g/mol. The Morgan fingerprint density at radius 2 is 1.82 bits per heavy atom. The predicted octanol–water partition coefficient (Wildman–Crippen LogP) is 2.78. The van der Waals surface area contributed by atoms with Crippen molar-refractivity contribution in [1.29, 1.82) is 0 Å². The number of carbonyl (C=O) groups excluding carboxylic acids is 1. The van der Waals surface area contributed by atoms with Crippen molar-refractivity contribution >= 4 is 6.29 Å². The van der Waals surface area contributed by atoms with Crippen LogP contribution < -0.4 is 4.74 Å². The molecule has 0 bridgehead atoms. The van der Waals surface area contributed by atoms with Gasteiger partial charge in [-0.05, 0) is 42.0 Å². The van der Waals surface area contributed by atoms with Gasteiger partial charge in [-0.2, -0.15) is 0 Å². The second kappa shape index (κ2) is 5.27. The van der Waals surface area contributed by atoms with Crippen molar-refractivity contribution in [3.8, 4) is 11.5 Å². The van der Waals surface area contributed by atoms with E-state index in [-0.39, 0.29) is 6.61 Å². The van der Waals surface area contributed by atoms with Crippen molar-refractivity contribution in [3.05, 3.63) is 59.7 Å². The highest BCUT2D eigenvalue weighted by Crippen LogP contribution is 2.22. The lowest BCUT2D eigenvalue weighted by atomic mass is 10.2. The minimum Gasteiger partial charge on any atom is -0.457 e. The van der Waals surface area contributed by atoms with Crippen LogP contribution in [-0.2, 0) is 6.61 Å². The van der Waals surface area contributed by atoms with Crippen LogP contribution in [0.3, 0.4) is 0 Å². The van der Waals surface area contributed by atoms with Crippen molar-refractivity contribution in [2.45, 2.75) is 6.61 Å². The molecule has 2 aromatic rings. The highest BCUT2D eigenvalue weighted by atomic mass is 16.5. The monoisotopic (exact) mass is 228 g/mol. The van der Waals surface area contributed by atoms with Crippen molar-refractivity contribution in [1.82, 2.24) is 0 Å². The van der Waals surface area contributed by atoms with Gasteiger partial charge in [0, 0.05) is 5.56 Å². The molecule has 1 N–H and O–H groups in total. The van der Waals surface area contributed by atoms with Crippen molar-refractivity contribution < 1.29 is 14.6 Å². The summed E-state index contributed by atoms with van der Waals surface area (Å²) in [5, 5.41) is 9.00. The van der Waals surface area contributed by atoms with E-state index in [0.717, 1.165) is 11.8 Å². The van der Waals surface area contributed by atoms with Gasteiger partial charge in [-0.1, -0.05) is 12.1 Å². The Bertz CT molecular complexity index is 503. The Kier molecular flexibility index (Phi) is 3.52. The van der Waals surface area contributed by atoms with E-state index in [1.54, 1.807) is 30.3 Å². The van der Waals surface area contributed by atoms with Crippen LogP contribution in [0, 0.1) is 0 Å². The number of aliphatic hydroxyl groups is 1. The first-order valence-corrected chi connectivity index (χ1v) is 5.25. The molecule has 0 saturated heterocycles. The van der Waals surface area contributed by atoms with Gasteiger partial charge in [-0.25, -0.2) is 0 Å². The Labute approximate surface area is 99.3 Å². The second-order valence-corrected chi connectivity index (χ2v) is 3.59. The van der Waals surface area contributed by atoms with Gasteiger partial charge < -0.3 is 9.84 Å². The number of carbonyl (C=O) groups is 1. The molecule has 0 unspecified atom stereocenters. The SMILES string of the molecule is O=Cc1ccc(Oc2cccc(CO)c2)cc1. The lowest BCUT2D eigenvalue weighted by Gasteiger charge is -2.06. The van der Waals surface area contributed by atoms with Gasteiger partial charge in [-0.3, -0.25) is 4.79 Å². The van der Waals surface area contributed by atoms with Crippen LogP contribution in [0.1, 0.15) is 15.9 Å². The standard InChI is InChI=1S/C14H12O3/c15-9-11-4-6-13(7-5-11)17-14-3-1-2-12(8-14)10-16/h1-9,16H,10H2. The first-order chi connectivity index (χ1) is 8.31. The van der Waals surface area contributed by atoms with Crippen LogP contribution in [0.15, 0.2) is 48.5 Å². The molecule has 0 aliphatic heterocycles. The van der Waals surface area contributed by atoms with E-state index in [0.29, 0.717) is 17.1 Å². The molecule has 0 fully saturated rings. The third-order valence-corrected chi connectivity index (χ3v) is 2.33. The molecule has 0 amide bonds. The topological polar surface area (TPSA) is 46.5 Å². The third kappa shape index (κ3) is 2.92. The maximum Gasteiger partial charge on any atom is 0.150 e. The van der Waals surface area contributed by atoms with E-state index >= 15 is 0 Å². The van der Waals surface area contributed by atoms with Crippen molar-refractivity contribution in [3.63, 3.8) is 0 Å². The van der Waals surface area contributed by atoms with Crippen LogP contribution in [0.4, 0.5) is 0 Å². The zero-order valence-electron chi connectivity index (χ0n) is 9.17. The Hall–Kier alpha value is -2.13. The summed E-state index contributed by atoms with van der Waals surface area (Å²) in [5.74, 6) is 1.32. The molecule has 0 saturated carbocycles. The molecule has 0 aliphatic rings. The quantitative estimate of drug-likeness (QED) is 0.818. The normalized spacial score (nSPS) is 9.94. The van der Waals surface area contributed by atoms with Gasteiger partial charge in [-0.15, -0.1) is 0 Å². The van der Waals surface area contributed by atoms with Gasteiger partial charge in [0.25, 0.3) is 0 Å². The van der Waals surface area contributed by atoms with E-state index in [1.807, 2.05) is 18.2 Å². The van der Waals surface area contributed by atoms with Crippen LogP contribution in [0.5, 0.6) is 11.5 Å². The Balaban J connectivity index is 2.15. The van der Waals surface area contributed by atoms with E-state index in [2.05, 4.69) is 0 Å². The van der Waals surface area contributed by atoms with E-state index in [1.165, 1.54) is 0 Å². The lowest BCUT2D eigenvalue weighted by Crippen LogP contribution is -1.87. The first kappa shape index (κ1) is 11.4. The summed E-state index contributed by atoms with van der Waals surface area (Å²) >= 11 is 0. The zero-order valence-corrected chi connectivity index (χ0v) is 9.17. The number of hydrogen-bond donors (Lipinski definition) is 1. The van der Waals surface area contributed by atoms with Crippen LogP contribution in [0.25, 0.3) is 0 Å². The summed E-state index contributed by atoms with van der Waals surface area (Å²) in [4.78, 5) is 10.5. The molecule has 86 valence electrons. The number of aldehydes is 1. The molecule has 3 heteroatoms. The number of ether oxygens (including phenoxy) is 1. The van der Waals surface area contributed by atoms with E-state index in [4.69, 9.17) is 9.84 Å². The molecule has 0 radical (unpaired) electrons. The summed E-state index contributed by atoms with van der Waals surface area (Å²) < 4.78 is 5.59. The molecular formula is C14H12O3. The minimum absolute atomic E-state index is 0.0126. The second-order valence-electron chi connectivity index (χ2n) is 3.59. The van der Waals surface area contributed by atoms with Crippen LogP contribution >= 0.6 is 0 Å². The summed E-state index contributed by atoms with van der Waals surface area (Å²) in [6.45, 7) is -0.0126. The Morgan fingerprint density at radius 1 is 1.06 bits per heavy atom. The van der Waals surface area contributed by atoms with Gasteiger partial charge >= 0.3 is 0 Å². The fourth-order valence-corrected chi connectivity index (χ4v) is 1.46. The molecule has 2 aromatic carbocycles. The molecule has 0 heterocycles. The highest BCUT2D eigenvalue weighted by Gasteiger charge is 1.99. The van der Waals surface area contributed by atoms with Gasteiger partial charge in [0.05, 0.1) is 6.61 Å². The molecule has 3 nitrogen and oxygen atoms in total. The number of aliphatic hydroxyl groups excluding tert-OH is 1. The zero-order chi connectivity index (χ0) is 12.1. The maximum atomic E-state index is 10.5. The van der Waals surface area contributed by atoms with Crippen molar-refractivity contribution in [2.75, 3.05) is 0 Å². The summed E-state index contributed by atoms with van der Waals surface area (Å²) in [7, 11) is 0. The van der Waals surface area contributed by atoms with Crippen LogP contribution in [-0.4, -0.2) is 11.4 Å². The first-order valence-electron chi connectivity index (χ1n) is 5.25. The van der Waals surface area contributed by atoms with Crippen molar-refractivity contribution in [2.24, 2.45) is 0 Å². The fourth-order valence-electron chi connectivity index (χ4n) is 1.46. The largest absolute Gasteiger partial charge is 0.457 e. The van der Waals surface area contributed by atoms with Gasteiger partial charge in [0.15, 0.2) is 0 Å². The molecule has 0 aliphatic carbocycles. The summed E-state index contributed by atoms with van der Waals surface area (Å²) in [6.07, 6.45) is 0.788. The molecule has 2 rings (SSSR count). The number of hydrogen-bond acceptors (Lipinski definition) is 3.